The highest BCUT2D eigenvalue weighted by molar-refractivity contribution is 5.95. The molecule has 2 aromatic carbocycles. The normalized spacial score (nSPS) is 10.8. The van der Waals surface area contributed by atoms with Crippen LogP contribution in [0.25, 0.3) is 11.0 Å². The molecule has 1 aromatic heterocycles. The number of carbonyl (C=O) groups is 1. The molecule has 0 unspecified atom stereocenters. The monoisotopic (exact) mass is 300 g/mol. The average molecular weight is 300 g/mol. The number of ether oxygens (including phenoxy) is 1. The van der Waals surface area contributed by atoms with Gasteiger partial charge in [0, 0.05) is 0 Å². The van der Waals surface area contributed by atoms with Crippen molar-refractivity contribution in [2.45, 2.75) is 13.5 Å². The van der Waals surface area contributed by atoms with Crippen LogP contribution < -0.4 is 4.74 Å². The number of hydrogen-bond donors (Lipinski definition) is 2. The van der Waals surface area contributed by atoms with Gasteiger partial charge in [-0.2, -0.15) is 0 Å². The smallest absolute Gasteiger partial charge is 0.335 e. The van der Waals surface area contributed by atoms with Crippen LogP contribution in [0.5, 0.6) is 5.75 Å². The van der Waals surface area contributed by atoms with Crippen LogP contribution in [-0.4, -0.2) is 21.0 Å². The van der Waals surface area contributed by atoms with Crippen LogP contribution in [-0.2, 0) is 6.61 Å². The highest BCUT2D eigenvalue weighted by Gasteiger charge is 2.13. The lowest BCUT2D eigenvalue weighted by Crippen LogP contribution is -2.00. The number of halogens is 1. The predicted molar refractivity (Wildman–Crippen MR) is 78.5 cm³/mol. The summed E-state index contributed by atoms with van der Waals surface area (Å²) in [5, 5.41) is 9.16. The van der Waals surface area contributed by atoms with E-state index in [4.69, 9.17) is 9.84 Å². The van der Waals surface area contributed by atoms with Crippen molar-refractivity contribution in [3.63, 3.8) is 0 Å². The Morgan fingerprint density at radius 1 is 1.32 bits per heavy atom. The molecule has 0 bridgehead atoms. The molecule has 22 heavy (non-hydrogen) atoms. The zero-order chi connectivity index (χ0) is 15.7. The summed E-state index contributed by atoms with van der Waals surface area (Å²) in [6.07, 6.45) is 0. The molecule has 0 fully saturated rings. The number of nitrogens with one attached hydrogen (secondary N) is 1. The standard InChI is InChI=1S/C16H13FN2O3/c1-9-18-13-6-11(16(20)21)7-14(15(13)19-9)22-8-10-2-4-12(17)5-3-10/h2-7H,8H2,1H3,(H,18,19)(H,20,21). The number of H-pyrrole nitrogens is 1. The van der Waals surface area contributed by atoms with Crippen molar-refractivity contribution in [2.24, 2.45) is 0 Å². The quantitative estimate of drug-likeness (QED) is 0.775. The van der Waals surface area contributed by atoms with Gasteiger partial charge in [-0.05, 0) is 36.8 Å². The Balaban J connectivity index is 1.94. The van der Waals surface area contributed by atoms with Crippen LogP contribution in [0.15, 0.2) is 36.4 Å². The van der Waals surface area contributed by atoms with E-state index in [1.54, 1.807) is 19.1 Å². The lowest BCUT2D eigenvalue weighted by Gasteiger charge is -2.08. The van der Waals surface area contributed by atoms with Crippen LogP contribution in [0.2, 0.25) is 0 Å². The highest BCUT2D eigenvalue weighted by Crippen LogP contribution is 2.27. The molecule has 2 N–H and O–H groups in total. The number of fused-ring (bicyclic) bond motifs is 1. The first kappa shape index (κ1) is 14.1. The van der Waals surface area contributed by atoms with E-state index in [0.29, 0.717) is 22.6 Å². The minimum absolute atomic E-state index is 0.116. The third-order valence-electron chi connectivity index (χ3n) is 3.22. The van der Waals surface area contributed by atoms with Crippen LogP contribution in [0.1, 0.15) is 21.7 Å². The topological polar surface area (TPSA) is 75.2 Å². The molecule has 0 aliphatic heterocycles. The Morgan fingerprint density at radius 2 is 2.05 bits per heavy atom. The number of aromatic amines is 1. The Labute approximate surface area is 125 Å². The second-order valence-electron chi connectivity index (χ2n) is 4.91. The van der Waals surface area contributed by atoms with Gasteiger partial charge in [0.25, 0.3) is 0 Å². The average Bonchev–Trinajstić information content (AvgIpc) is 2.86. The summed E-state index contributed by atoms with van der Waals surface area (Å²) in [6.45, 7) is 1.98. The van der Waals surface area contributed by atoms with Gasteiger partial charge in [0.2, 0.25) is 0 Å². The number of aryl methyl sites for hydroxylation is 1. The van der Waals surface area contributed by atoms with Crippen molar-refractivity contribution in [1.82, 2.24) is 9.97 Å². The Bertz CT molecular complexity index is 840. The predicted octanol–water partition coefficient (Wildman–Crippen LogP) is 3.29. The number of benzene rings is 2. The van der Waals surface area contributed by atoms with E-state index < -0.39 is 5.97 Å². The maximum absolute atomic E-state index is 12.9. The third-order valence-corrected chi connectivity index (χ3v) is 3.22. The molecule has 5 nitrogen and oxygen atoms in total. The molecule has 0 atom stereocenters. The second kappa shape index (κ2) is 5.48. The first-order valence-corrected chi connectivity index (χ1v) is 6.64. The number of nitrogens with zero attached hydrogens (tertiary/aromatic N) is 1. The highest BCUT2D eigenvalue weighted by atomic mass is 19.1. The van der Waals surface area contributed by atoms with E-state index in [1.165, 1.54) is 24.3 Å². The molecule has 0 spiro atoms. The summed E-state index contributed by atoms with van der Waals surface area (Å²) in [5.41, 5.74) is 2.07. The first-order chi connectivity index (χ1) is 10.5. The van der Waals surface area contributed by atoms with Crippen molar-refractivity contribution in [1.29, 1.82) is 0 Å². The molecule has 0 saturated heterocycles. The third kappa shape index (κ3) is 2.76. The summed E-state index contributed by atoms with van der Waals surface area (Å²) >= 11 is 0. The van der Waals surface area contributed by atoms with Gasteiger partial charge in [-0.15, -0.1) is 0 Å². The van der Waals surface area contributed by atoms with E-state index in [0.717, 1.165) is 5.56 Å². The summed E-state index contributed by atoms with van der Waals surface area (Å²) in [7, 11) is 0. The number of carboxylic acid groups (broad SMARTS) is 1. The minimum Gasteiger partial charge on any atom is -0.487 e. The number of hydrogen-bond acceptors (Lipinski definition) is 3. The number of imidazole rings is 1. The van der Waals surface area contributed by atoms with E-state index in [-0.39, 0.29) is 18.0 Å². The van der Waals surface area contributed by atoms with Crippen molar-refractivity contribution < 1.29 is 19.0 Å². The molecule has 3 aromatic rings. The van der Waals surface area contributed by atoms with E-state index in [1.807, 2.05) is 0 Å². The van der Waals surface area contributed by atoms with Crippen molar-refractivity contribution in [3.8, 4) is 5.75 Å². The minimum atomic E-state index is -1.04. The van der Waals surface area contributed by atoms with Gasteiger partial charge in [0.1, 0.15) is 29.5 Å². The molecular weight excluding hydrogens is 287 g/mol. The second-order valence-corrected chi connectivity index (χ2v) is 4.91. The number of carboxylic acids is 1. The van der Waals surface area contributed by atoms with Crippen molar-refractivity contribution >= 4 is 17.0 Å². The molecule has 3 rings (SSSR count). The molecule has 0 aliphatic rings. The fourth-order valence-corrected chi connectivity index (χ4v) is 2.18. The largest absolute Gasteiger partial charge is 0.487 e. The number of aromatic nitrogens is 2. The molecule has 6 heteroatoms. The zero-order valence-corrected chi connectivity index (χ0v) is 11.8. The molecule has 112 valence electrons. The van der Waals surface area contributed by atoms with Crippen LogP contribution in [0, 0.1) is 12.7 Å². The summed E-state index contributed by atoms with van der Waals surface area (Å²) in [4.78, 5) is 18.5. The zero-order valence-electron chi connectivity index (χ0n) is 11.8. The number of rotatable bonds is 4. The Kier molecular flexibility index (Phi) is 3.50. The van der Waals surface area contributed by atoms with Gasteiger partial charge >= 0.3 is 5.97 Å². The summed E-state index contributed by atoms with van der Waals surface area (Å²) in [5.74, 6) is -0.310. The fourth-order valence-electron chi connectivity index (χ4n) is 2.18. The SMILES string of the molecule is Cc1nc2c(OCc3ccc(F)cc3)cc(C(=O)O)cc2[nH]1. The molecule has 0 saturated carbocycles. The molecule has 0 radical (unpaired) electrons. The fraction of sp³-hybridized carbons (Fsp3) is 0.125. The lowest BCUT2D eigenvalue weighted by molar-refractivity contribution is 0.0696. The molecular formula is C16H13FN2O3. The molecule has 1 heterocycles. The van der Waals surface area contributed by atoms with Crippen molar-refractivity contribution in [2.75, 3.05) is 0 Å². The number of aromatic carboxylic acids is 1. The molecule has 0 amide bonds. The van der Waals surface area contributed by atoms with Gasteiger partial charge in [-0.1, -0.05) is 12.1 Å². The van der Waals surface area contributed by atoms with Crippen molar-refractivity contribution in [3.05, 3.63) is 59.2 Å². The Morgan fingerprint density at radius 3 is 2.73 bits per heavy atom. The van der Waals surface area contributed by atoms with E-state index in [2.05, 4.69) is 9.97 Å². The van der Waals surface area contributed by atoms with Gasteiger partial charge in [-0.3, -0.25) is 0 Å². The Hall–Kier alpha value is -2.89. The van der Waals surface area contributed by atoms with Gasteiger partial charge < -0.3 is 14.8 Å². The molecule has 0 aliphatic carbocycles. The summed E-state index contributed by atoms with van der Waals surface area (Å²) in [6, 6.07) is 8.88. The van der Waals surface area contributed by atoms with Gasteiger partial charge in [0.15, 0.2) is 0 Å². The van der Waals surface area contributed by atoms with E-state index >= 15 is 0 Å². The summed E-state index contributed by atoms with van der Waals surface area (Å²) < 4.78 is 18.6. The van der Waals surface area contributed by atoms with Crippen LogP contribution in [0.3, 0.4) is 0 Å². The van der Waals surface area contributed by atoms with Crippen LogP contribution >= 0.6 is 0 Å². The maximum Gasteiger partial charge on any atom is 0.335 e. The van der Waals surface area contributed by atoms with Gasteiger partial charge in [0.05, 0.1) is 11.1 Å². The lowest BCUT2D eigenvalue weighted by atomic mass is 10.2. The van der Waals surface area contributed by atoms with Crippen LogP contribution in [0.4, 0.5) is 4.39 Å². The first-order valence-electron chi connectivity index (χ1n) is 6.64. The van der Waals surface area contributed by atoms with E-state index in [9.17, 15) is 9.18 Å². The van der Waals surface area contributed by atoms with Gasteiger partial charge in [-0.25, -0.2) is 14.2 Å². The maximum atomic E-state index is 12.9.